The summed E-state index contributed by atoms with van der Waals surface area (Å²) >= 11 is 0. The molecule has 0 amide bonds. The Kier molecular flexibility index (Phi) is 43.9. The van der Waals surface area contributed by atoms with E-state index in [-0.39, 0.29) is 0 Å². The molecule has 0 aliphatic heterocycles. The lowest BCUT2D eigenvalue weighted by molar-refractivity contribution is 0.282. The van der Waals surface area contributed by atoms with Gasteiger partial charge in [0.25, 0.3) is 0 Å². The molecule has 0 aliphatic rings. The summed E-state index contributed by atoms with van der Waals surface area (Å²) in [6.45, 7) is 6.97. The molecule has 0 atom stereocenters. The van der Waals surface area contributed by atoms with Crippen LogP contribution in [0.5, 0.6) is 0 Å². The first-order valence-corrected chi connectivity index (χ1v) is 18.0. The molecule has 0 saturated carbocycles. The second-order valence-electron chi connectivity index (χ2n) is 11.2. The summed E-state index contributed by atoms with van der Waals surface area (Å²) in [6, 6.07) is 0. The van der Waals surface area contributed by atoms with Crippen LogP contribution in [0.3, 0.4) is 0 Å². The van der Waals surface area contributed by atoms with E-state index in [0.717, 1.165) is 44.9 Å². The normalized spacial score (nSPS) is 12.5. The van der Waals surface area contributed by atoms with Gasteiger partial charge in [-0.05, 0) is 70.6 Å². The Morgan fingerprint density at radius 2 is 0.690 bits per heavy atom. The summed E-state index contributed by atoms with van der Waals surface area (Å²) in [7, 11) is 0. The minimum atomic E-state index is 0.360. The standard InChI is InChI=1S/C25H42.C16H30O/c1-3-5-7-9-11-13-15-17-19-21-23-25-24-22-20-18-16-14-12-10-8-6-4-2;1-2-3-4-5-6-7-8-9-10-11-12-13-14-15-16-17/h5,7,11,13,17,19-20,22-23,25H,3-4,6,8-10,12,14-16,18,21,24H2,1-2H3;3-6,17H,2,7-16H2,1H3. The minimum Gasteiger partial charge on any atom is -0.396 e. The van der Waals surface area contributed by atoms with Crippen molar-refractivity contribution in [2.24, 2.45) is 0 Å². The van der Waals surface area contributed by atoms with Crippen LogP contribution >= 0.6 is 0 Å². The van der Waals surface area contributed by atoms with E-state index in [2.05, 4.69) is 106 Å². The van der Waals surface area contributed by atoms with Gasteiger partial charge in [0.1, 0.15) is 0 Å². The molecular formula is C41H72O. The largest absolute Gasteiger partial charge is 0.396 e. The van der Waals surface area contributed by atoms with E-state index < -0.39 is 0 Å². The van der Waals surface area contributed by atoms with Crippen molar-refractivity contribution in [3.63, 3.8) is 0 Å². The number of hydrogen-bond donors (Lipinski definition) is 1. The zero-order valence-electron chi connectivity index (χ0n) is 28.5. The highest BCUT2D eigenvalue weighted by Gasteiger charge is 1.91. The van der Waals surface area contributed by atoms with Gasteiger partial charge in [0.2, 0.25) is 0 Å². The number of aliphatic hydroxyl groups is 1. The SMILES string of the molecule is CCC=CC=CCCCCCCCCCCO.CCC=CCC=CCC=CCC=CCC=CCCCCCCCCC. The molecule has 242 valence electrons. The molecule has 0 rings (SSSR count). The van der Waals surface area contributed by atoms with Crippen molar-refractivity contribution >= 4 is 0 Å². The smallest absolute Gasteiger partial charge is 0.0431 e. The molecule has 1 N–H and O–H groups in total. The van der Waals surface area contributed by atoms with E-state index in [1.54, 1.807) is 0 Å². The van der Waals surface area contributed by atoms with Crippen molar-refractivity contribution in [1.29, 1.82) is 0 Å². The maximum Gasteiger partial charge on any atom is 0.0431 e. The third kappa shape index (κ3) is 45.1. The number of unbranched alkanes of at least 4 members (excludes halogenated alkanes) is 15. The van der Waals surface area contributed by atoms with Crippen LogP contribution < -0.4 is 0 Å². The molecule has 0 aromatic rings. The van der Waals surface area contributed by atoms with Crippen molar-refractivity contribution in [3.05, 3.63) is 85.1 Å². The van der Waals surface area contributed by atoms with E-state index in [4.69, 9.17) is 5.11 Å². The molecule has 1 nitrogen and oxygen atoms in total. The highest BCUT2D eigenvalue weighted by molar-refractivity contribution is 5.02. The van der Waals surface area contributed by atoms with E-state index in [1.165, 1.54) is 103 Å². The summed E-state index contributed by atoms with van der Waals surface area (Å²) < 4.78 is 0. The van der Waals surface area contributed by atoms with Gasteiger partial charge in [-0.15, -0.1) is 0 Å². The first-order valence-electron chi connectivity index (χ1n) is 18.0. The predicted molar refractivity (Wildman–Crippen MR) is 194 cm³/mol. The molecule has 0 fully saturated rings. The Morgan fingerprint density at radius 1 is 0.333 bits per heavy atom. The lowest BCUT2D eigenvalue weighted by Gasteiger charge is -2.00. The van der Waals surface area contributed by atoms with Crippen molar-refractivity contribution in [1.82, 2.24) is 0 Å². The van der Waals surface area contributed by atoms with Crippen molar-refractivity contribution in [2.75, 3.05) is 6.61 Å². The molecule has 0 radical (unpaired) electrons. The molecule has 0 spiro atoms. The zero-order chi connectivity index (χ0) is 30.9. The average molecular weight is 581 g/mol. The molecule has 0 bridgehead atoms. The molecule has 0 heterocycles. The van der Waals surface area contributed by atoms with E-state index in [1.807, 2.05) is 0 Å². The third-order valence-electron chi connectivity index (χ3n) is 7.03. The van der Waals surface area contributed by atoms with Crippen LogP contribution in [-0.4, -0.2) is 11.7 Å². The van der Waals surface area contributed by atoms with Gasteiger partial charge < -0.3 is 5.11 Å². The number of allylic oxidation sites excluding steroid dienone is 14. The fourth-order valence-electron chi connectivity index (χ4n) is 4.41. The second kappa shape index (κ2) is 43.6. The van der Waals surface area contributed by atoms with Crippen LogP contribution in [0.15, 0.2) is 85.1 Å². The van der Waals surface area contributed by atoms with Gasteiger partial charge in [-0.2, -0.15) is 0 Å². The highest BCUT2D eigenvalue weighted by Crippen LogP contribution is 2.10. The minimum absolute atomic E-state index is 0.360. The number of aliphatic hydroxyl groups excluding tert-OH is 1. The first-order chi connectivity index (χ1) is 20.8. The van der Waals surface area contributed by atoms with Gasteiger partial charge in [0.05, 0.1) is 0 Å². The van der Waals surface area contributed by atoms with E-state index >= 15 is 0 Å². The van der Waals surface area contributed by atoms with Crippen LogP contribution in [0, 0.1) is 0 Å². The third-order valence-corrected chi connectivity index (χ3v) is 7.03. The molecule has 0 aromatic carbocycles. The summed E-state index contributed by atoms with van der Waals surface area (Å²) in [5.41, 5.74) is 0. The van der Waals surface area contributed by atoms with Gasteiger partial charge in [0, 0.05) is 6.61 Å². The topological polar surface area (TPSA) is 20.2 Å². The lowest BCUT2D eigenvalue weighted by atomic mass is 10.1. The monoisotopic (exact) mass is 581 g/mol. The fraction of sp³-hybridized carbons (Fsp3) is 0.659. The Labute approximate surface area is 264 Å². The Morgan fingerprint density at radius 3 is 1.14 bits per heavy atom. The quantitative estimate of drug-likeness (QED) is 0.0530. The van der Waals surface area contributed by atoms with Crippen molar-refractivity contribution < 1.29 is 5.11 Å². The second-order valence-corrected chi connectivity index (χ2v) is 11.2. The van der Waals surface area contributed by atoms with Gasteiger partial charge >= 0.3 is 0 Å². The molecular weight excluding hydrogens is 508 g/mol. The molecule has 1 heteroatoms. The molecule has 0 unspecified atom stereocenters. The van der Waals surface area contributed by atoms with Gasteiger partial charge in [-0.3, -0.25) is 0 Å². The Hall–Kier alpha value is -1.86. The first kappa shape index (κ1) is 42.3. The summed E-state index contributed by atoms with van der Waals surface area (Å²) in [5.74, 6) is 0. The number of hydrogen-bond acceptors (Lipinski definition) is 1. The Bertz CT molecular complexity index is 673. The summed E-state index contributed by atoms with van der Waals surface area (Å²) in [6.07, 6.45) is 60.4. The highest BCUT2D eigenvalue weighted by atomic mass is 16.2. The maximum atomic E-state index is 8.63. The Balaban J connectivity index is 0. The van der Waals surface area contributed by atoms with E-state index in [9.17, 15) is 0 Å². The van der Waals surface area contributed by atoms with Crippen LogP contribution in [0.1, 0.15) is 168 Å². The summed E-state index contributed by atoms with van der Waals surface area (Å²) in [4.78, 5) is 0. The van der Waals surface area contributed by atoms with Crippen LogP contribution in [-0.2, 0) is 0 Å². The lowest BCUT2D eigenvalue weighted by Crippen LogP contribution is -1.84. The van der Waals surface area contributed by atoms with E-state index in [0.29, 0.717) is 6.61 Å². The van der Waals surface area contributed by atoms with Gasteiger partial charge in [-0.1, -0.05) is 183 Å². The molecule has 0 saturated heterocycles. The molecule has 0 aromatic heterocycles. The van der Waals surface area contributed by atoms with Crippen LogP contribution in [0.4, 0.5) is 0 Å². The average Bonchev–Trinajstić information content (AvgIpc) is 3.00. The number of rotatable bonds is 29. The predicted octanol–water partition coefficient (Wildman–Crippen LogP) is 13.9. The van der Waals surface area contributed by atoms with Gasteiger partial charge in [0.15, 0.2) is 0 Å². The summed E-state index contributed by atoms with van der Waals surface area (Å²) in [5, 5.41) is 8.63. The maximum absolute atomic E-state index is 8.63. The van der Waals surface area contributed by atoms with Crippen LogP contribution in [0.25, 0.3) is 0 Å². The van der Waals surface area contributed by atoms with Crippen LogP contribution in [0.2, 0.25) is 0 Å². The fourth-order valence-corrected chi connectivity index (χ4v) is 4.41. The van der Waals surface area contributed by atoms with Crippen molar-refractivity contribution in [3.8, 4) is 0 Å². The zero-order valence-corrected chi connectivity index (χ0v) is 28.5. The molecule has 42 heavy (non-hydrogen) atoms. The van der Waals surface area contributed by atoms with Gasteiger partial charge in [-0.25, -0.2) is 0 Å². The molecule has 0 aliphatic carbocycles. The van der Waals surface area contributed by atoms with Crippen molar-refractivity contribution in [2.45, 2.75) is 168 Å².